The van der Waals surface area contributed by atoms with Crippen molar-refractivity contribution in [3.8, 4) is 16.7 Å². The lowest BCUT2D eigenvalue weighted by atomic mass is 10.0. The Morgan fingerprint density at radius 3 is 2.53 bits per heavy atom. The number of nitrogens with one attached hydrogen (secondary N) is 1. The molecule has 1 aliphatic heterocycles. The fraction of sp³-hybridized carbons (Fsp3) is 0.515. The van der Waals surface area contributed by atoms with E-state index in [4.69, 9.17) is 25.1 Å². The quantitative estimate of drug-likeness (QED) is 0.172. The number of thiazole rings is 1. The molecular weight excluding hydrogens is 596 g/mol. The van der Waals surface area contributed by atoms with Crippen LogP contribution in [0.15, 0.2) is 42.5 Å². The van der Waals surface area contributed by atoms with Crippen LogP contribution < -0.4 is 25.3 Å². The molecular formula is C33H42N4O7S. The van der Waals surface area contributed by atoms with Crippen molar-refractivity contribution in [3.63, 3.8) is 0 Å². The number of carboxylic acid groups (broad SMARTS) is 1. The first-order valence-corrected chi connectivity index (χ1v) is 16.4. The Hall–Kier alpha value is -4.06. The monoisotopic (exact) mass is 638 g/mol. The number of primary amides is 1. The average molecular weight is 639 g/mol. The summed E-state index contributed by atoms with van der Waals surface area (Å²) < 4.78 is 17.8. The third-order valence-electron chi connectivity index (χ3n) is 8.73. The van der Waals surface area contributed by atoms with Crippen LogP contribution in [-0.4, -0.2) is 71.7 Å². The Balaban J connectivity index is 1.21. The number of amides is 2. The SMILES string of the molecule is COc1cccc(N[C@@H](CCCCCCC[C@@H]2C[C@@H]2C(=O)O)C(=O)N2C[C@H](Oc3nc4ccc(OC)cc4s3)C[C@H]2C(N)=O)c1. The molecule has 45 heavy (non-hydrogen) atoms. The number of benzene rings is 2. The highest BCUT2D eigenvalue weighted by molar-refractivity contribution is 7.20. The molecule has 2 heterocycles. The molecule has 0 unspecified atom stereocenters. The number of hydrogen-bond acceptors (Lipinski definition) is 9. The summed E-state index contributed by atoms with van der Waals surface area (Å²) in [7, 11) is 3.20. The highest BCUT2D eigenvalue weighted by Gasteiger charge is 2.43. The summed E-state index contributed by atoms with van der Waals surface area (Å²) in [5.74, 6) is 0.146. The lowest BCUT2D eigenvalue weighted by Gasteiger charge is -2.28. The van der Waals surface area contributed by atoms with Gasteiger partial charge < -0.3 is 35.3 Å². The van der Waals surface area contributed by atoms with Gasteiger partial charge in [0.25, 0.3) is 5.19 Å². The molecule has 2 amide bonds. The lowest BCUT2D eigenvalue weighted by Crippen LogP contribution is -2.49. The first-order chi connectivity index (χ1) is 21.7. The Labute approximate surface area is 267 Å². The molecule has 2 aliphatic rings. The Bertz CT molecular complexity index is 1500. The lowest BCUT2D eigenvalue weighted by molar-refractivity contribution is -0.139. The smallest absolute Gasteiger partial charge is 0.306 e. The summed E-state index contributed by atoms with van der Waals surface area (Å²) in [6, 6.07) is 11.7. The van der Waals surface area contributed by atoms with Crippen molar-refractivity contribution in [2.75, 3.05) is 26.1 Å². The van der Waals surface area contributed by atoms with Crippen LogP contribution >= 0.6 is 11.3 Å². The van der Waals surface area contributed by atoms with Crippen LogP contribution in [0, 0.1) is 11.8 Å². The van der Waals surface area contributed by atoms with Crippen LogP contribution in [0.2, 0.25) is 0 Å². The van der Waals surface area contributed by atoms with Crippen LogP contribution in [0.4, 0.5) is 5.69 Å². The second-order valence-corrected chi connectivity index (χ2v) is 12.9. The first kappa shape index (κ1) is 32.3. The predicted molar refractivity (Wildman–Crippen MR) is 172 cm³/mol. The molecule has 0 spiro atoms. The number of carboxylic acids is 1. The number of likely N-dealkylation sites (tertiary alicyclic amines) is 1. The van der Waals surface area contributed by atoms with E-state index in [0.29, 0.717) is 23.3 Å². The van der Waals surface area contributed by atoms with Crippen LogP contribution in [0.5, 0.6) is 16.7 Å². The third-order valence-corrected chi connectivity index (χ3v) is 9.64. The number of methoxy groups -OCH3 is 2. The van der Waals surface area contributed by atoms with Gasteiger partial charge in [0.15, 0.2) is 0 Å². The first-order valence-electron chi connectivity index (χ1n) is 15.6. The van der Waals surface area contributed by atoms with Gasteiger partial charge in [-0.05, 0) is 55.5 Å². The number of aliphatic carboxylic acids is 1. The maximum Gasteiger partial charge on any atom is 0.306 e. The number of unbranched alkanes of at least 4 members (excludes halogenated alkanes) is 4. The minimum atomic E-state index is -0.788. The Morgan fingerprint density at radius 2 is 1.80 bits per heavy atom. The van der Waals surface area contributed by atoms with Crippen LogP contribution in [0.25, 0.3) is 10.2 Å². The number of nitrogens with two attached hydrogens (primary N) is 1. The van der Waals surface area contributed by atoms with Crippen molar-refractivity contribution < 1.29 is 33.7 Å². The van der Waals surface area contributed by atoms with E-state index >= 15 is 0 Å². The molecule has 1 saturated heterocycles. The number of carbonyl (C=O) groups excluding carboxylic acids is 2. The number of aromatic nitrogens is 1. The van der Waals surface area contributed by atoms with Gasteiger partial charge in [0.2, 0.25) is 11.8 Å². The molecule has 5 rings (SSSR count). The van der Waals surface area contributed by atoms with Gasteiger partial charge in [0.1, 0.15) is 29.7 Å². The zero-order chi connectivity index (χ0) is 31.9. The van der Waals surface area contributed by atoms with E-state index in [1.165, 1.54) is 11.3 Å². The summed E-state index contributed by atoms with van der Waals surface area (Å²) >= 11 is 1.39. The molecule has 0 radical (unpaired) electrons. The average Bonchev–Trinajstić information content (AvgIpc) is 3.51. The van der Waals surface area contributed by atoms with Gasteiger partial charge in [-0.1, -0.05) is 49.5 Å². The normalized spacial score (nSPS) is 21.3. The zero-order valence-electron chi connectivity index (χ0n) is 25.8. The number of anilines is 1. The number of nitrogens with zero attached hydrogens (tertiary/aromatic N) is 2. The molecule has 11 nitrogen and oxygen atoms in total. The number of fused-ring (bicyclic) bond motifs is 1. The van der Waals surface area contributed by atoms with Crippen LogP contribution in [0.3, 0.4) is 0 Å². The number of rotatable bonds is 17. The second-order valence-electron chi connectivity index (χ2n) is 11.9. The molecule has 242 valence electrons. The molecule has 0 bridgehead atoms. The Morgan fingerprint density at radius 1 is 1.04 bits per heavy atom. The predicted octanol–water partition coefficient (Wildman–Crippen LogP) is 5.08. The highest BCUT2D eigenvalue weighted by atomic mass is 32.1. The van der Waals surface area contributed by atoms with E-state index in [1.54, 1.807) is 19.1 Å². The molecule has 1 aliphatic carbocycles. The van der Waals surface area contributed by atoms with Crippen molar-refractivity contribution in [2.45, 2.75) is 76.0 Å². The topological polar surface area (TPSA) is 153 Å². The summed E-state index contributed by atoms with van der Waals surface area (Å²) in [6.07, 6.45) is 7.05. The van der Waals surface area contributed by atoms with Crippen molar-refractivity contribution in [1.29, 1.82) is 0 Å². The number of carbonyl (C=O) groups is 3. The fourth-order valence-electron chi connectivity index (χ4n) is 6.13. The Kier molecular flexibility index (Phi) is 10.6. The van der Waals surface area contributed by atoms with Gasteiger partial charge >= 0.3 is 5.97 Å². The van der Waals surface area contributed by atoms with E-state index in [-0.39, 0.29) is 24.8 Å². The van der Waals surface area contributed by atoms with Gasteiger partial charge in [0, 0.05) is 18.2 Å². The van der Waals surface area contributed by atoms with E-state index < -0.39 is 30.1 Å². The van der Waals surface area contributed by atoms with Gasteiger partial charge in [0.05, 0.1) is 36.9 Å². The van der Waals surface area contributed by atoms with Crippen LogP contribution in [-0.2, 0) is 14.4 Å². The van der Waals surface area contributed by atoms with Crippen molar-refractivity contribution in [3.05, 3.63) is 42.5 Å². The minimum absolute atomic E-state index is 0.149. The number of ether oxygens (including phenoxy) is 3. The summed E-state index contributed by atoms with van der Waals surface area (Å²) in [4.78, 5) is 43.8. The van der Waals surface area contributed by atoms with Crippen LogP contribution in [0.1, 0.15) is 57.8 Å². The van der Waals surface area contributed by atoms with Gasteiger partial charge in [-0.2, -0.15) is 0 Å². The minimum Gasteiger partial charge on any atom is -0.497 e. The molecule has 1 aromatic heterocycles. The maximum atomic E-state index is 14.1. The molecule has 2 fully saturated rings. The molecule has 3 aromatic rings. The second kappa shape index (κ2) is 14.8. The van der Waals surface area contributed by atoms with Gasteiger partial charge in [-0.15, -0.1) is 0 Å². The van der Waals surface area contributed by atoms with Crippen molar-refractivity contribution in [1.82, 2.24) is 9.88 Å². The van der Waals surface area contributed by atoms with Gasteiger partial charge in [-0.3, -0.25) is 14.4 Å². The molecule has 4 N–H and O–H groups in total. The highest BCUT2D eigenvalue weighted by Crippen LogP contribution is 2.42. The standard InChI is InChI=1S/C33H42N4O7S/c1-42-22-11-8-10-21(16-22)35-27(12-7-5-3-4-6-9-20-15-25(20)32(40)41)31(39)37-19-24(17-28(37)30(34)38)44-33-36-26-14-13-23(43-2)18-29(26)45-33/h8,10-11,13-14,16,18,20,24-25,27-28,35H,3-7,9,12,15,17,19H2,1-2H3,(H2,34,38)(H,40,41)/t20-,24-,25+,27+,28+/m1/s1. The largest absolute Gasteiger partial charge is 0.497 e. The molecule has 2 aromatic carbocycles. The van der Waals surface area contributed by atoms with E-state index in [1.807, 2.05) is 42.5 Å². The third kappa shape index (κ3) is 8.36. The molecule has 5 atom stereocenters. The summed E-state index contributed by atoms with van der Waals surface area (Å²) in [5, 5.41) is 12.9. The van der Waals surface area contributed by atoms with Crippen molar-refractivity contribution in [2.24, 2.45) is 17.6 Å². The van der Waals surface area contributed by atoms with Crippen molar-refractivity contribution >= 4 is 45.0 Å². The summed E-state index contributed by atoms with van der Waals surface area (Å²) in [6.45, 7) is 0.223. The molecule has 12 heteroatoms. The maximum absolute atomic E-state index is 14.1. The number of hydrogen-bond donors (Lipinski definition) is 3. The van der Waals surface area contributed by atoms with E-state index in [0.717, 1.165) is 66.6 Å². The van der Waals surface area contributed by atoms with E-state index in [2.05, 4.69) is 10.3 Å². The van der Waals surface area contributed by atoms with E-state index in [9.17, 15) is 14.4 Å². The summed E-state index contributed by atoms with van der Waals surface area (Å²) in [5.41, 5.74) is 7.33. The zero-order valence-corrected chi connectivity index (χ0v) is 26.6. The fourth-order valence-corrected chi connectivity index (χ4v) is 7.04. The van der Waals surface area contributed by atoms with Gasteiger partial charge in [-0.25, -0.2) is 4.98 Å². The molecule has 1 saturated carbocycles.